The van der Waals surface area contributed by atoms with Gasteiger partial charge in [-0.2, -0.15) is 0 Å². The van der Waals surface area contributed by atoms with Crippen molar-refractivity contribution in [1.29, 1.82) is 0 Å². The molecule has 0 aromatic carbocycles. The third-order valence-electron chi connectivity index (χ3n) is 1.48. The zero-order valence-electron chi connectivity index (χ0n) is 7.10. The molecule has 3 nitrogen and oxygen atoms in total. The van der Waals surface area contributed by atoms with Gasteiger partial charge >= 0.3 is 6.09 Å². The average Bonchev–Trinajstić information content (AvgIpc) is 2.17. The van der Waals surface area contributed by atoms with Gasteiger partial charge in [-0.05, 0) is 6.08 Å². The minimum Gasteiger partial charge on any atom is -0.465 e. The summed E-state index contributed by atoms with van der Waals surface area (Å²) in [7, 11) is 0. The number of carbonyl (C=O) groups is 1. The highest BCUT2D eigenvalue weighted by atomic mass is 16.4. The fourth-order valence-corrected chi connectivity index (χ4v) is 0.936. The Kier molecular flexibility index (Phi) is 3.57. The van der Waals surface area contributed by atoms with E-state index in [9.17, 15) is 4.79 Å². The lowest BCUT2D eigenvalue weighted by Gasteiger charge is -2.01. The fraction of sp³-hybridized carbons (Fsp3) is 0.100. The smallest absolute Gasteiger partial charge is 0.408 e. The van der Waals surface area contributed by atoms with E-state index in [1.165, 1.54) is 0 Å². The van der Waals surface area contributed by atoms with Crippen molar-refractivity contribution in [2.75, 3.05) is 0 Å². The third-order valence-corrected chi connectivity index (χ3v) is 1.48. The Labute approximate surface area is 76.8 Å². The molecule has 13 heavy (non-hydrogen) atoms. The highest BCUT2D eigenvalue weighted by Crippen LogP contribution is 2.01. The highest BCUT2D eigenvalue weighted by molar-refractivity contribution is 5.67. The molecule has 1 rings (SSSR count). The molecule has 0 aliphatic heterocycles. The van der Waals surface area contributed by atoms with Gasteiger partial charge in [0.05, 0.1) is 0 Å². The molecule has 0 spiro atoms. The van der Waals surface area contributed by atoms with Gasteiger partial charge in [0.25, 0.3) is 0 Å². The van der Waals surface area contributed by atoms with E-state index in [2.05, 4.69) is 5.32 Å². The molecule has 0 heterocycles. The molecule has 0 saturated carbocycles. The first kappa shape index (κ1) is 9.32. The van der Waals surface area contributed by atoms with Gasteiger partial charge in [-0.25, -0.2) is 4.79 Å². The van der Waals surface area contributed by atoms with Crippen molar-refractivity contribution in [2.24, 2.45) is 0 Å². The predicted molar refractivity (Wildman–Crippen MR) is 51.3 cm³/mol. The van der Waals surface area contributed by atoms with E-state index in [4.69, 9.17) is 5.11 Å². The monoisotopic (exact) mass is 177 g/mol. The van der Waals surface area contributed by atoms with Crippen molar-refractivity contribution in [1.82, 2.24) is 5.32 Å². The first-order valence-electron chi connectivity index (χ1n) is 3.98. The van der Waals surface area contributed by atoms with Gasteiger partial charge in [0.2, 0.25) is 0 Å². The van der Waals surface area contributed by atoms with E-state index in [-0.39, 0.29) is 0 Å². The third kappa shape index (κ3) is 3.96. The number of amides is 1. The molecular weight excluding hydrogens is 166 g/mol. The van der Waals surface area contributed by atoms with Gasteiger partial charge in [-0.1, -0.05) is 36.5 Å². The van der Waals surface area contributed by atoms with Gasteiger partial charge in [-0.3, -0.25) is 5.32 Å². The normalized spacial score (nSPS) is 26.9. The van der Waals surface area contributed by atoms with E-state index in [0.29, 0.717) is 12.1 Å². The number of hydrogen-bond donors (Lipinski definition) is 2. The molecule has 0 atom stereocenters. The van der Waals surface area contributed by atoms with Crippen LogP contribution < -0.4 is 5.32 Å². The van der Waals surface area contributed by atoms with Gasteiger partial charge in [-0.15, -0.1) is 0 Å². The van der Waals surface area contributed by atoms with E-state index in [1.807, 2.05) is 30.4 Å². The second kappa shape index (κ2) is 4.98. The lowest BCUT2D eigenvalue weighted by atomic mass is 10.2. The van der Waals surface area contributed by atoms with Crippen LogP contribution in [0.25, 0.3) is 0 Å². The van der Waals surface area contributed by atoms with Gasteiger partial charge in [0, 0.05) is 12.1 Å². The van der Waals surface area contributed by atoms with Crippen molar-refractivity contribution < 1.29 is 9.90 Å². The van der Waals surface area contributed by atoms with Crippen molar-refractivity contribution in [3.63, 3.8) is 0 Å². The Bertz CT molecular complexity index is 298. The number of nitrogens with one attached hydrogen (secondary N) is 1. The second-order valence-electron chi connectivity index (χ2n) is 2.52. The number of hydrogen-bond acceptors (Lipinski definition) is 1. The van der Waals surface area contributed by atoms with Crippen LogP contribution >= 0.6 is 0 Å². The summed E-state index contributed by atoms with van der Waals surface area (Å²) in [6.45, 7) is 0. The van der Waals surface area contributed by atoms with Gasteiger partial charge < -0.3 is 5.11 Å². The molecule has 0 aromatic rings. The topological polar surface area (TPSA) is 49.3 Å². The first-order valence-corrected chi connectivity index (χ1v) is 3.98. The molecule has 0 bridgehead atoms. The Morgan fingerprint density at radius 2 is 1.92 bits per heavy atom. The fourth-order valence-electron chi connectivity index (χ4n) is 0.936. The lowest BCUT2D eigenvalue weighted by Crippen LogP contribution is -2.19. The molecule has 1 aliphatic rings. The summed E-state index contributed by atoms with van der Waals surface area (Å²) in [5.74, 6) is 0. The first-order chi connectivity index (χ1) is 6.29. The zero-order valence-corrected chi connectivity index (χ0v) is 7.10. The Morgan fingerprint density at radius 3 is 2.69 bits per heavy atom. The minimum absolute atomic E-state index is 0.598. The van der Waals surface area contributed by atoms with Crippen LogP contribution in [0.3, 0.4) is 0 Å². The Morgan fingerprint density at radius 1 is 1.23 bits per heavy atom. The summed E-state index contributed by atoms with van der Waals surface area (Å²) < 4.78 is 0. The molecule has 0 fully saturated rings. The van der Waals surface area contributed by atoms with Gasteiger partial charge in [0.1, 0.15) is 0 Å². The summed E-state index contributed by atoms with van der Waals surface area (Å²) in [6.07, 6.45) is 12.5. The summed E-state index contributed by atoms with van der Waals surface area (Å²) in [4.78, 5) is 10.3. The van der Waals surface area contributed by atoms with Crippen LogP contribution in [0, 0.1) is 0 Å². The van der Waals surface area contributed by atoms with Crippen LogP contribution in [0.15, 0.2) is 48.2 Å². The van der Waals surface area contributed by atoms with Crippen LogP contribution in [0.5, 0.6) is 0 Å². The summed E-state index contributed by atoms with van der Waals surface area (Å²) in [5.41, 5.74) is 0.670. The maximum absolute atomic E-state index is 10.3. The lowest BCUT2D eigenvalue weighted by molar-refractivity contribution is 0.197. The van der Waals surface area contributed by atoms with Crippen LogP contribution in [0.4, 0.5) is 4.79 Å². The van der Waals surface area contributed by atoms with E-state index >= 15 is 0 Å². The second-order valence-corrected chi connectivity index (χ2v) is 2.52. The summed E-state index contributed by atoms with van der Waals surface area (Å²) in [5, 5.41) is 10.8. The number of carboxylic acid groups (broad SMARTS) is 1. The minimum atomic E-state index is -1.03. The standard InChI is InChI=1S/C10H11NO2/c12-10(13)11-9-7-5-3-1-2-4-6-8-9/h1-7,11H,8H2,(H,12,13)/b2-1-,5-3-,6-4-,9-7+. The van der Waals surface area contributed by atoms with Crippen molar-refractivity contribution in [3.05, 3.63) is 48.2 Å². The van der Waals surface area contributed by atoms with Crippen LogP contribution in [0.2, 0.25) is 0 Å². The maximum atomic E-state index is 10.3. The van der Waals surface area contributed by atoms with E-state index in [1.54, 1.807) is 12.2 Å². The maximum Gasteiger partial charge on any atom is 0.408 e. The Balaban J connectivity index is 2.67. The predicted octanol–water partition coefficient (Wildman–Crippen LogP) is 2.21. The molecule has 68 valence electrons. The van der Waals surface area contributed by atoms with Crippen molar-refractivity contribution >= 4 is 6.09 Å². The van der Waals surface area contributed by atoms with Crippen molar-refractivity contribution in [2.45, 2.75) is 6.42 Å². The summed E-state index contributed by atoms with van der Waals surface area (Å²) in [6, 6.07) is 0. The molecule has 1 aliphatic carbocycles. The van der Waals surface area contributed by atoms with Crippen LogP contribution in [-0.4, -0.2) is 11.2 Å². The zero-order chi connectivity index (χ0) is 9.52. The van der Waals surface area contributed by atoms with E-state index in [0.717, 1.165) is 0 Å². The molecule has 0 radical (unpaired) electrons. The average molecular weight is 177 g/mol. The quantitative estimate of drug-likeness (QED) is 0.645. The van der Waals surface area contributed by atoms with E-state index < -0.39 is 6.09 Å². The molecule has 3 heteroatoms. The van der Waals surface area contributed by atoms with Crippen LogP contribution in [-0.2, 0) is 0 Å². The van der Waals surface area contributed by atoms with Crippen molar-refractivity contribution in [3.8, 4) is 0 Å². The number of allylic oxidation sites excluding steroid dienone is 7. The largest absolute Gasteiger partial charge is 0.465 e. The molecule has 1 amide bonds. The molecule has 0 unspecified atom stereocenters. The SMILES string of the molecule is O=C(O)N/C1=C/C=C\C=C/C=C\C1. The summed E-state index contributed by atoms with van der Waals surface area (Å²) >= 11 is 0. The molecule has 0 aromatic heterocycles. The van der Waals surface area contributed by atoms with Gasteiger partial charge in [0.15, 0.2) is 0 Å². The number of rotatable bonds is 1. The van der Waals surface area contributed by atoms with Crippen LogP contribution in [0.1, 0.15) is 6.42 Å². The molecular formula is C10H11NO2. The Hall–Kier alpha value is -1.77. The molecule has 2 N–H and O–H groups in total. The molecule has 0 saturated heterocycles. The highest BCUT2D eigenvalue weighted by Gasteiger charge is 1.97.